The summed E-state index contributed by atoms with van der Waals surface area (Å²) in [6.07, 6.45) is 11.5. The number of alkyl carbamates (subject to hydrolysis) is 1. The van der Waals surface area contributed by atoms with Crippen molar-refractivity contribution in [2.24, 2.45) is 0 Å². The van der Waals surface area contributed by atoms with Crippen molar-refractivity contribution in [3.63, 3.8) is 0 Å². The number of allylic oxidation sites excluding steroid dienone is 1. The summed E-state index contributed by atoms with van der Waals surface area (Å²) in [5.74, 6) is 0. The zero-order chi connectivity index (χ0) is 18.4. The first-order valence-corrected chi connectivity index (χ1v) is 17.8. The number of amides is 1. The summed E-state index contributed by atoms with van der Waals surface area (Å²) in [5, 5.41) is 2.76. The van der Waals surface area contributed by atoms with E-state index in [9.17, 15) is 4.79 Å². The van der Waals surface area contributed by atoms with Crippen molar-refractivity contribution in [1.82, 2.24) is 5.32 Å². The van der Waals surface area contributed by atoms with Crippen molar-refractivity contribution >= 4 is 24.5 Å². The molecule has 142 valence electrons. The van der Waals surface area contributed by atoms with Crippen LogP contribution in [-0.2, 0) is 4.74 Å². The third-order valence-electron chi connectivity index (χ3n) is 5.00. The Labute approximate surface area is 154 Å². The van der Waals surface area contributed by atoms with Crippen LogP contribution in [0.25, 0.3) is 0 Å². The molecule has 3 nitrogen and oxygen atoms in total. The Kier molecular flexibility index (Phi) is 13.9. The van der Waals surface area contributed by atoms with E-state index in [1.54, 1.807) is 6.26 Å². The second-order valence-corrected chi connectivity index (χ2v) is 22.2. The fraction of sp³-hybridized carbons (Fsp3) is 0.850. The number of carbonyl (C=O) groups excluding carboxylic acids is 1. The van der Waals surface area contributed by atoms with Crippen LogP contribution in [0.2, 0.25) is 17.2 Å². The maximum absolute atomic E-state index is 11.6. The van der Waals surface area contributed by atoms with E-state index in [-0.39, 0.29) is 12.1 Å². The normalized spacial score (nSPS) is 13.5. The van der Waals surface area contributed by atoms with Gasteiger partial charge in [0.2, 0.25) is 0 Å². The van der Waals surface area contributed by atoms with Crippen molar-refractivity contribution in [3.8, 4) is 0 Å². The second-order valence-electron chi connectivity index (χ2n) is 7.49. The van der Waals surface area contributed by atoms with Crippen LogP contribution in [0.4, 0.5) is 4.79 Å². The molecule has 1 N–H and O–H groups in total. The molecule has 0 saturated heterocycles. The van der Waals surface area contributed by atoms with Crippen LogP contribution in [0, 0.1) is 0 Å². The van der Waals surface area contributed by atoms with E-state index in [2.05, 4.69) is 39.1 Å². The molecule has 0 aliphatic heterocycles. The van der Waals surface area contributed by atoms with Gasteiger partial charge in [0.15, 0.2) is 0 Å². The van der Waals surface area contributed by atoms with E-state index < -0.39 is 18.4 Å². The van der Waals surface area contributed by atoms with Crippen LogP contribution in [0.5, 0.6) is 0 Å². The molecule has 1 atom stereocenters. The fourth-order valence-electron chi connectivity index (χ4n) is 3.34. The molecule has 0 radical (unpaired) electrons. The fourth-order valence-corrected chi connectivity index (χ4v) is 19.8. The number of unbranched alkanes of at least 4 members (excludes halogenated alkanes) is 3. The molecule has 0 saturated carbocycles. The Morgan fingerprint density at radius 2 is 1.42 bits per heavy atom. The molecule has 1 amide bonds. The number of nitrogens with one attached hydrogen (secondary N) is 1. The first-order chi connectivity index (χ1) is 11.4. The average molecular weight is 446 g/mol. The number of rotatable bonds is 13. The number of ether oxygens (including phenoxy) is 1. The minimum absolute atomic E-state index is 0.111. The van der Waals surface area contributed by atoms with Crippen LogP contribution < -0.4 is 5.32 Å². The predicted molar refractivity (Wildman–Crippen MR) is 108 cm³/mol. The Hall–Kier alpha value is -0.191. The predicted octanol–water partition coefficient (Wildman–Crippen LogP) is 6.87. The Bertz CT molecular complexity index is 334. The Morgan fingerprint density at radius 3 is 1.79 bits per heavy atom. The number of carbonyl (C=O) groups is 1. The number of hydrogen-bond acceptors (Lipinski definition) is 2. The van der Waals surface area contributed by atoms with Crippen molar-refractivity contribution in [2.45, 2.75) is 103 Å². The second kappa shape index (κ2) is 14.0. The van der Waals surface area contributed by atoms with Crippen molar-refractivity contribution in [3.05, 3.63) is 12.3 Å². The third-order valence-corrected chi connectivity index (χ3v) is 22.6. The van der Waals surface area contributed by atoms with Gasteiger partial charge in [-0.15, -0.1) is 0 Å². The number of hydrogen-bond donors (Lipinski definition) is 1. The van der Waals surface area contributed by atoms with E-state index in [0.717, 1.165) is 0 Å². The maximum atomic E-state index is 11.6. The summed E-state index contributed by atoms with van der Waals surface area (Å²) >= 11 is -2.24. The molecular formula is C20H41NO2Sn. The van der Waals surface area contributed by atoms with Gasteiger partial charge in [0.05, 0.1) is 0 Å². The topological polar surface area (TPSA) is 38.3 Å². The van der Waals surface area contributed by atoms with Crippen molar-refractivity contribution < 1.29 is 9.53 Å². The van der Waals surface area contributed by atoms with Crippen molar-refractivity contribution in [2.75, 3.05) is 0 Å². The van der Waals surface area contributed by atoms with E-state index in [1.165, 1.54) is 51.8 Å². The van der Waals surface area contributed by atoms with Gasteiger partial charge < -0.3 is 0 Å². The summed E-state index contributed by atoms with van der Waals surface area (Å²) < 4.78 is 10.3. The molecule has 24 heavy (non-hydrogen) atoms. The molecule has 0 aliphatic rings. The first-order valence-electron chi connectivity index (χ1n) is 10.1. The summed E-state index contributed by atoms with van der Waals surface area (Å²) in [6.45, 7) is 13.2. The van der Waals surface area contributed by atoms with Gasteiger partial charge in [-0.25, -0.2) is 0 Å². The van der Waals surface area contributed by atoms with Crippen LogP contribution in [0.1, 0.15) is 80.1 Å². The van der Waals surface area contributed by atoms with Crippen molar-refractivity contribution in [1.29, 1.82) is 0 Å². The summed E-state index contributed by atoms with van der Waals surface area (Å²) in [4.78, 5) is 11.6. The molecule has 0 aliphatic carbocycles. The molecule has 0 rings (SSSR count). The van der Waals surface area contributed by atoms with Crippen LogP contribution in [-0.4, -0.2) is 30.5 Å². The van der Waals surface area contributed by atoms with Gasteiger partial charge in [-0.05, 0) is 0 Å². The summed E-state index contributed by atoms with van der Waals surface area (Å²) in [7, 11) is 0. The molecule has 4 heteroatoms. The summed E-state index contributed by atoms with van der Waals surface area (Å²) in [5.41, 5.74) is 0. The Balaban J connectivity index is 4.95. The van der Waals surface area contributed by atoms with Crippen LogP contribution in [0.3, 0.4) is 0 Å². The molecule has 0 spiro atoms. The molecule has 0 fully saturated rings. The zero-order valence-electron chi connectivity index (χ0n) is 17.0. The first kappa shape index (κ1) is 23.8. The van der Waals surface area contributed by atoms with E-state index >= 15 is 0 Å². The quantitative estimate of drug-likeness (QED) is 0.248. The van der Waals surface area contributed by atoms with E-state index in [4.69, 9.17) is 4.74 Å². The average Bonchev–Trinajstić information content (AvgIpc) is 2.53. The SMILES string of the molecule is CCC[CH2][Sn]([CH2]CCC)([CH2]CCC)[C@H](C)/C=C\OC(=O)NC(C)C. The molecule has 0 heterocycles. The molecular weight excluding hydrogens is 405 g/mol. The van der Waals surface area contributed by atoms with Gasteiger partial charge >= 0.3 is 155 Å². The van der Waals surface area contributed by atoms with E-state index in [0.29, 0.717) is 3.93 Å². The van der Waals surface area contributed by atoms with Crippen LogP contribution >= 0.6 is 0 Å². The van der Waals surface area contributed by atoms with Gasteiger partial charge in [0, 0.05) is 0 Å². The van der Waals surface area contributed by atoms with Gasteiger partial charge in [-0.1, -0.05) is 0 Å². The van der Waals surface area contributed by atoms with Gasteiger partial charge in [0.25, 0.3) is 0 Å². The third kappa shape index (κ3) is 9.95. The van der Waals surface area contributed by atoms with Crippen LogP contribution in [0.15, 0.2) is 12.3 Å². The minimum atomic E-state index is -2.24. The monoisotopic (exact) mass is 447 g/mol. The standard InChI is InChI=1S/C8H14NO2.3C4H9.Sn/c1-4-5-6-11-8(10)9-7(2)3;3*1-3-4-2;/h4-7H,1-3H3,(H,9,10);3*1,3-4H2,2H3;/b6-5-;;;;. The van der Waals surface area contributed by atoms with Gasteiger partial charge in [-0.2, -0.15) is 0 Å². The molecule has 0 aromatic carbocycles. The molecule has 0 unspecified atom stereocenters. The zero-order valence-corrected chi connectivity index (χ0v) is 19.8. The van der Waals surface area contributed by atoms with Gasteiger partial charge in [-0.3, -0.25) is 0 Å². The molecule has 0 bridgehead atoms. The van der Waals surface area contributed by atoms with Gasteiger partial charge in [0.1, 0.15) is 0 Å². The summed E-state index contributed by atoms with van der Waals surface area (Å²) in [6, 6.07) is 0.111. The van der Waals surface area contributed by atoms with E-state index in [1.807, 2.05) is 13.8 Å². The molecule has 0 aromatic rings. The Morgan fingerprint density at radius 1 is 0.958 bits per heavy atom. The molecule has 0 aromatic heterocycles.